The van der Waals surface area contributed by atoms with E-state index >= 15 is 0 Å². The van der Waals surface area contributed by atoms with Gasteiger partial charge in [0.25, 0.3) is 0 Å². The molecule has 0 saturated carbocycles. The molecule has 0 aliphatic carbocycles. The van der Waals surface area contributed by atoms with Crippen molar-refractivity contribution in [1.82, 2.24) is 10.6 Å². The molecule has 0 aromatic carbocycles. The first-order chi connectivity index (χ1) is 9.26. The molecule has 0 aromatic rings. The van der Waals surface area contributed by atoms with E-state index in [9.17, 15) is 4.79 Å². The average molecular weight is 272 g/mol. The summed E-state index contributed by atoms with van der Waals surface area (Å²) in [7, 11) is 1.66. The minimum Gasteiger partial charge on any atom is -0.383 e. The van der Waals surface area contributed by atoms with Crippen LogP contribution < -0.4 is 10.6 Å². The fraction of sp³-hybridized carbons (Fsp3) is 0.929. The fourth-order valence-corrected chi connectivity index (χ4v) is 2.33. The summed E-state index contributed by atoms with van der Waals surface area (Å²) in [6.45, 7) is 5.23. The van der Waals surface area contributed by atoms with Crippen LogP contribution in [0.25, 0.3) is 0 Å². The Morgan fingerprint density at radius 1 is 1.42 bits per heavy atom. The molecule has 0 bridgehead atoms. The van der Waals surface area contributed by atoms with Gasteiger partial charge in [0.05, 0.1) is 25.4 Å². The van der Waals surface area contributed by atoms with E-state index in [2.05, 4.69) is 17.6 Å². The monoisotopic (exact) mass is 272 g/mol. The van der Waals surface area contributed by atoms with Crippen molar-refractivity contribution in [1.29, 1.82) is 0 Å². The molecule has 1 amide bonds. The first-order valence-corrected chi connectivity index (χ1v) is 7.36. The predicted octanol–water partition coefficient (Wildman–Crippen LogP) is 1.08. The molecule has 5 heteroatoms. The SMILES string of the molecule is CCCC(COC)NC(=O)CCOC1CCNCC1. The van der Waals surface area contributed by atoms with E-state index in [1.165, 1.54) is 0 Å². The highest BCUT2D eigenvalue weighted by atomic mass is 16.5. The Balaban J connectivity index is 2.11. The number of carbonyl (C=O) groups is 1. The quantitative estimate of drug-likeness (QED) is 0.659. The van der Waals surface area contributed by atoms with Gasteiger partial charge < -0.3 is 20.1 Å². The summed E-state index contributed by atoms with van der Waals surface area (Å²) in [6.07, 6.45) is 4.84. The summed E-state index contributed by atoms with van der Waals surface area (Å²) in [5.74, 6) is 0.0597. The van der Waals surface area contributed by atoms with Gasteiger partial charge in [0.15, 0.2) is 0 Å². The zero-order valence-corrected chi connectivity index (χ0v) is 12.2. The van der Waals surface area contributed by atoms with Crippen molar-refractivity contribution in [2.24, 2.45) is 0 Å². The number of rotatable bonds is 9. The number of amides is 1. The highest BCUT2D eigenvalue weighted by Gasteiger charge is 2.15. The molecule has 0 spiro atoms. The Kier molecular flexibility index (Phi) is 8.79. The molecule has 1 unspecified atom stereocenters. The van der Waals surface area contributed by atoms with E-state index in [-0.39, 0.29) is 11.9 Å². The largest absolute Gasteiger partial charge is 0.383 e. The Bertz CT molecular complexity index is 237. The number of piperidine rings is 1. The summed E-state index contributed by atoms with van der Waals surface area (Å²) in [5, 5.41) is 6.30. The van der Waals surface area contributed by atoms with E-state index in [0.717, 1.165) is 38.8 Å². The molecule has 1 fully saturated rings. The first-order valence-electron chi connectivity index (χ1n) is 7.36. The van der Waals surface area contributed by atoms with E-state index in [1.807, 2.05) is 0 Å². The lowest BCUT2D eigenvalue weighted by Gasteiger charge is -2.23. The number of hydrogen-bond donors (Lipinski definition) is 2. The Morgan fingerprint density at radius 2 is 2.16 bits per heavy atom. The van der Waals surface area contributed by atoms with Gasteiger partial charge >= 0.3 is 0 Å². The standard InChI is InChI=1S/C14H28N2O3/c1-3-4-12(11-18-2)16-14(17)7-10-19-13-5-8-15-9-6-13/h12-13,15H,3-11H2,1-2H3,(H,16,17). The van der Waals surface area contributed by atoms with Crippen LogP contribution in [0, 0.1) is 0 Å². The van der Waals surface area contributed by atoms with Crippen molar-refractivity contribution in [3.05, 3.63) is 0 Å². The number of nitrogens with one attached hydrogen (secondary N) is 2. The van der Waals surface area contributed by atoms with Crippen LogP contribution in [0.1, 0.15) is 39.0 Å². The smallest absolute Gasteiger partial charge is 0.222 e. The third-order valence-corrected chi connectivity index (χ3v) is 3.34. The number of carbonyl (C=O) groups excluding carboxylic acids is 1. The topological polar surface area (TPSA) is 59.6 Å². The van der Waals surface area contributed by atoms with E-state index in [1.54, 1.807) is 7.11 Å². The molecule has 0 radical (unpaired) electrons. The Labute approximate surface area is 116 Å². The van der Waals surface area contributed by atoms with Crippen LogP contribution in [0.3, 0.4) is 0 Å². The van der Waals surface area contributed by atoms with Gasteiger partial charge in [-0.25, -0.2) is 0 Å². The van der Waals surface area contributed by atoms with Crippen LogP contribution >= 0.6 is 0 Å². The normalized spacial score (nSPS) is 18.2. The van der Waals surface area contributed by atoms with Crippen molar-refractivity contribution in [2.75, 3.05) is 33.4 Å². The zero-order chi connectivity index (χ0) is 13.9. The number of ether oxygens (including phenoxy) is 2. The lowest BCUT2D eigenvalue weighted by Crippen LogP contribution is -2.38. The highest BCUT2D eigenvalue weighted by Crippen LogP contribution is 2.07. The summed E-state index contributed by atoms with van der Waals surface area (Å²) in [5.41, 5.74) is 0. The van der Waals surface area contributed by atoms with Gasteiger partial charge in [-0.1, -0.05) is 13.3 Å². The second kappa shape index (κ2) is 10.2. The molecule has 1 saturated heterocycles. The zero-order valence-electron chi connectivity index (χ0n) is 12.2. The Hall–Kier alpha value is -0.650. The molecule has 0 aromatic heterocycles. The molecule has 1 aliphatic rings. The van der Waals surface area contributed by atoms with Crippen molar-refractivity contribution < 1.29 is 14.3 Å². The molecule has 1 atom stereocenters. The van der Waals surface area contributed by atoms with Crippen LogP contribution in [0.15, 0.2) is 0 Å². The minimum atomic E-state index is 0.0597. The van der Waals surface area contributed by atoms with E-state index in [0.29, 0.717) is 25.7 Å². The Morgan fingerprint density at radius 3 is 2.79 bits per heavy atom. The third kappa shape index (κ3) is 7.50. The van der Waals surface area contributed by atoms with Gasteiger partial charge in [-0.2, -0.15) is 0 Å². The molecular formula is C14H28N2O3. The molecule has 5 nitrogen and oxygen atoms in total. The number of hydrogen-bond acceptors (Lipinski definition) is 4. The van der Waals surface area contributed by atoms with E-state index < -0.39 is 0 Å². The van der Waals surface area contributed by atoms with Gasteiger partial charge in [0, 0.05) is 13.5 Å². The predicted molar refractivity (Wildman–Crippen MR) is 75.2 cm³/mol. The van der Waals surface area contributed by atoms with Gasteiger partial charge in [-0.3, -0.25) is 4.79 Å². The first kappa shape index (κ1) is 16.4. The second-order valence-electron chi connectivity index (χ2n) is 5.08. The molecule has 1 rings (SSSR count). The third-order valence-electron chi connectivity index (χ3n) is 3.34. The summed E-state index contributed by atoms with van der Waals surface area (Å²) >= 11 is 0. The lowest BCUT2D eigenvalue weighted by molar-refractivity contribution is -0.123. The molecule has 112 valence electrons. The van der Waals surface area contributed by atoms with Crippen LogP contribution in [0.4, 0.5) is 0 Å². The molecule has 19 heavy (non-hydrogen) atoms. The number of methoxy groups -OCH3 is 1. The van der Waals surface area contributed by atoms with E-state index in [4.69, 9.17) is 9.47 Å². The summed E-state index contributed by atoms with van der Waals surface area (Å²) in [4.78, 5) is 11.8. The van der Waals surface area contributed by atoms with Crippen LogP contribution in [-0.4, -0.2) is 51.5 Å². The highest BCUT2D eigenvalue weighted by molar-refractivity contribution is 5.76. The van der Waals surface area contributed by atoms with Gasteiger partial charge in [-0.05, 0) is 32.4 Å². The maximum absolute atomic E-state index is 11.8. The molecule has 1 heterocycles. The van der Waals surface area contributed by atoms with Gasteiger partial charge in [-0.15, -0.1) is 0 Å². The van der Waals surface area contributed by atoms with Gasteiger partial charge in [0.1, 0.15) is 0 Å². The molecule has 2 N–H and O–H groups in total. The van der Waals surface area contributed by atoms with Crippen LogP contribution in [0.2, 0.25) is 0 Å². The van der Waals surface area contributed by atoms with Crippen LogP contribution in [-0.2, 0) is 14.3 Å². The summed E-state index contributed by atoms with van der Waals surface area (Å²) < 4.78 is 10.8. The maximum atomic E-state index is 11.8. The average Bonchev–Trinajstić information content (AvgIpc) is 2.40. The lowest BCUT2D eigenvalue weighted by atomic mass is 10.1. The second-order valence-corrected chi connectivity index (χ2v) is 5.08. The molecule has 1 aliphatic heterocycles. The van der Waals surface area contributed by atoms with Crippen molar-refractivity contribution >= 4 is 5.91 Å². The van der Waals surface area contributed by atoms with Crippen molar-refractivity contribution in [3.63, 3.8) is 0 Å². The van der Waals surface area contributed by atoms with Gasteiger partial charge in [0.2, 0.25) is 5.91 Å². The fourth-order valence-electron chi connectivity index (χ4n) is 2.33. The van der Waals surface area contributed by atoms with Crippen molar-refractivity contribution in [2.45, 2.75) is 51.2 Å². The molecular weight excluding hydrogens is 244 g/mol. The van der Waals surface area contributed by atoms with Crippen LogP contribution in [0.5, 0.6) is 0 Å². The maximum Gasteiger partial charge on any atom is 0.222 e. The van der Waals surface area contributed by atoms with Crippen molar-refractivity contribution in [3.8, 4) is 0 Å². The minimum absolute atomic E-state index is 0.0597. The summed E-state index contributed by atoms with van der Waals surface area (Å²) in [6, 6.07) is 0.126.